The van der Waals surface area contributed by atoms with Gasteiger partial charge >= 0.3 is 5.97 Å². The standard InChI is InChI=1S/C14H20N2O3/c1-4-16(11-8-6-5-7-9-11)14(2,3)13(19)15-10-12(17)18/h5-9H,4,10H2,1-3H3,(H,15,19)(H,17,18). The van der Waals surface area contributed by atoms with Gasteiger partial charge in [0.1, 0.15) is 12.1 Å². The molecule has 0 radical (unpaired) electrons. The molecule has 19 heavy (non-hydrogen) atoms. The lowest BCUT2D eigenvalue weighted by molar-refractivity contribution is -0.138. The molecule has 1 amide bonds. The molecular formula is C14H20N2O3. The number of benzene rings is 1. The molecule has 5 heteroatoms. The van der Waals surface area contributed by atoms with E-state index in [9.17, 15) is 9.59 Å². The normalized spacial score (nSPS) is 10.9. The Balaban J connectivity index is 2.89. The summed E-state index contributed by atoms with van der Waals surface area (Å²) in [6.45, 7) is 5.80. The molecule has 0 unspecified atom stereocenters. The maximum Gasteiger partial charge on any atom is 0.322 e. The van der Waals surface area contributed by atoms with Crippen molar-refractivity contribution >= 4 is 17.6 Å². The molecule has 0 saturated carbocycles. The molecule has 0 aromatic heterocycles. The summed E-state index contributed by atoms with van der Waals surface area (Å²) in [7, 11) is 0. The molecule has 1 rings (SSSR count). The van der Waals surface area contributed by atoms with Gasteiger partial charge in [0.15, 0.2) is 0 Å². The Hall–Kier alpha value is -2.04. The van der Waals surface area contributed by atoms with Crippen LogP contribution in [-0.4, -0.2) is 35.6 Å². The Morgan fingerprint density at radius 3 is 2.32 bits per heavy atom. The summed E-state index contributed by atoms with van der Waals surface area (Å²) in [5.41, 5.74) is 0.117. The molecule has 5 nitrogen and oxygen atoms in total. The van der Waals surface area contributed by atoms with E-state index in [1.807, 2.05) is 42.2 Å². The third-order valence-electron chi connectivity index (χ3n) is 3.01. The Kier molecular flexibility index (Phi) is 4.92. The van der Waals surface area contributed by atoms with E-state index in [1.165, 1.54) is 0 Å². The van der Waals surface area contributed by atoms with Crippen molar-refractivity contribution in [3.8, 4) is 0 Å². The van der Waals surface area contributed by atoms with E-state index < -0.39 is 11.5 Å². The van der Waals surface area contributed by atoms with Gasteiger partial charge in [-0.25, -0.2) is 0 Å². The zero-order chi connectivity index (χ0) is 14.5. The molecule has 0 saturated heterocycles. The quantitative estimate of drug-likeness (QED) is 0.816. The molecule has 104 valence electrons. The van der Waals surface area contributed by atoms with Crippen molar-refractivity contribution < 1.29 is 14.7 Å². The molecule has 0 atom stereocenters. The number of nitrogens with one attached hydrogen (secondary N) is 1. The molecule has 0 spiro atoms. The van der Waals surface area contributed by atoms with Gasteiger partial charge in [-0.05, 0) is 32.9 Å². The largest absolute Gasteiger partial charge is 0.480 e. The highest BCUT2D eigenvalue weighted by molar-refractivity contribution is 5.91. The fourth-order valence-electron chi connectivity index (χ4n) is 2.00. The van der Waals surface area contributed by atoms with Gasteiger partial charge in [-0.3, -0.25) is 9.59 Å². The van der Waals surface area contributed by atoms with Gasteiger partial charge in [-0.2, -0.15) is 0 Å². The van der Waals surface area contributed by atoms with Gasteiger partial charge in [0, 0.05) is 12.2 Å². The summed E-state index contributed by atoms with van der Waals surface area (Å²) in [6.07, 6.45) is 0. The lowest BCUT2D eigenvalue weighted by atomic mass is 10.00. The van der Waals surface area contributed by atoms with E-state index in [0.717, 1.165) is 5.69 Å². The Morgan fingerprint density at radius 1 is 1.26 bits per heavy atom. The van der Waals surface area contributed by atoms with Gasteiger partial charge in [0.05, 0.1) is 0 Å². The molecule has 1 aromatic carbocycles. The van der Waals surface area contributed by atoms with Gasteiger partial charge in [-0.1, -0.05) is 18.2 Å². The fourth-order valence-corrected chi connectivity index (χ4v) is 2.00. The summed E-state index contributed by atoms with van der Waals surface area (Å²) < 4.78 is 0. The molecule has 1 aromatic rings. The molecule has 0 aliphatic heterocycles. The number of aliphatic carboxylic acids is 1. The number of likely N-dealkylation sites (N-methyl/N-ethyl adjacent to an activating group) is 1. The number of carboxylic acid groups (broad SMARTS) is 1. The molecule has 0 fully saturated rings. The van der Waals surface area contributed by atoms with Crippen LogP contribution in [-0.2, 0) is 9.59 Å². The van der Waals surface area contributed by atoms with E-state index in [4.69, 9.17) is 5.11 Å². The van der Waals surface area contributed by atoms with Crippen LogP contribution in [0, 0.1) is 0 Å². The number of amides is 1. The predicted molar refractivity (Wildman–Crippen MR) is 74.2 cm³/mol. The second-order valence-corrected chi connectivity index (χ2v) is 4.72. The topological polar surface area (TPSA) is 69.6 Å². The third kappa shape index (κ3) is 3.71. The van der Waals surface area contributed by atoms with E-state index in [-0.39, 0.29) is 12.5 Å². The first-order chi connectivity index (χ1) is 8.89. The van der Waals surface area contributed by atoms with E-state index in [0.29, 0.717) is 6.54 Å². The van der Waals surface area contributed by atoms with Gasteiger partial charge in [0.2, 0.25) is 5.91 Å². The first-order valence-corrected chi connectivity index (χ1v) is 6.22. The number of carbonyl (C=O) groups excluding carboxylic acids is 1. The maximum atomic E-state index is 12.1. The summed E-state index contributed by atoms with van der Waals surface area (Å²) in [5.74, 6) is -1.35. The minimum Gasteiger partial charge on any atom is -0.480 e. The summed E-state index contributed by atoms with van der Waals surface area (Å²) in [5, 5.41) is 11.0. The Labute approximate surface area is 113 Å². The summed E-state index contributed by atoms with van der Waals surface area (Å²) in [4.78, 5) is 24.6. The second kappa shape index (κ2) is 6.22. The smallest absolute Gasteiger partial charge is 0.322 e. The van der Waals surface area contributed by atoms with Crippen molar-refractivity contribution in [2.75, 3.05) is 18.0 Å². The minimum absolute atomic E-state index is 0.305. The average molecular weight is 264 g/mol. The highest BCUT2D eigenvalue weighted by atomic mass is 16.4. The van der Waals surface area contributed by atoms with Gasteiger partial charge in [0.25, 0.3) is 0 Å². The van der Waals surface area contributed by atoms with E-state index in [1.54, 1.807) is 13.8 Å². The van der Waals surface area contributed by atoms with Gasteiger partial charge in [-0.15, -0.1) is 0 Å². The number of rotatable bonds is 6. The van der Waals surface area contributed by atoms with Crippen LogP contribution in [0.3, 0.4) is 0 Å². The van der Waals surface area contributed by atoms with Crippen LogP contribution in [0.15, 0.2) is 30.3 Å². The summed E-state index contributed by atoms with van der Waals surface area (Å²) >= 11 is 0. The van der Waals surface area contributed by atoms with Crippen LogP contribution < -0.4 is 10.2 Å². The van der Waals surface area contributed by atoms with Crippen molar-refractivity contribution in [1.29, 1.82) is 0 Å². The van der Waals surface area contributed by atoms with Crippen molar-refractivity contribution in [1.82, 2.24) is 5.32 Å². The van der Waals surface area contributed by atoms with Crippen LogP contribution in [0.5, 0.6) is 0 Å². The third-order valence-corrected chi connectivity index (χ3v) is 3.01. The zero-order valence-electron chi connectivity index (χ0n) is 11.5. The first-order valence-electron chi connectivity index (χ1n) is 6.22. The van der Waals surface area contributed by atoms with Crippen LogP contribution >= 0.6 is 0 Å². The van der Waals surface area contributed by atoms with Crippen LogP contribution in [0.2, 0.25) is 0 Å². The van der Waals surface area contributed by atoms with Gasteiger partial charge < -0.3 is 15.3 Å². The lowest BCUT2D eigenvalue weighted by Crippen LogP contribution is -2.56. The molecule has 0 aliphatic carbocycles. The SMILES string of the molecule is CCN(c1ccccc1)C(C)(C)C(=O)NCC(=O)O. The highest BCUT2D eigenvalue weighted by Gasteiger charge is 2.34. The van der Waals surface area contributed by atoms with Crippen molar-refractivity contribution in [3.63, 3.8) is 0 Å². The number of carbonyl (C=O) groups is 2. The molecule has 0 aliphatic rings. The number of carboxylic acids is 1. The van der Waals surface area contributed by atoms with Crippen molar-refractivity contribution in [2.45, 2.75) is 26.3 Å². The molecule has 2 N–H and O–H groups in total. The monoisotopic (exact) mass is 264 g/mol. The molecular weight excluding hydrogens is 244 g/mol. The van der Waals surface area contributed by atoms with Crippen LogP contribution in [0.1, 0.15) is 20.8 Å². The highest BCUT2D eigenvalue weighted by Crippen LogP contribution is 2.23. The Morgan fingerprint density at radius 2 is 1.84 bits per heavy atom. The number of nitrogens with zero attached hydrogens (tertiary/aromatic N) is 1. The minimum atomic E-state index is -1.05. The number of hydrogen-bond acceptors (Lipinski definition) is 3. The van der Waals surface area contributed by atoms with E-state index in [2.05, 4.69) is 5.32 Å². The lowest BCUT2D eigenvalue weighted by Gasteiger charge is -2.38. The predicted octanol–water partition coefficient (Wildman–Crippen LogP) is 1.49. The van der Waals surface area contributed by atoms with E-state index >= 15 is 0 Å². The number of para-hydroxylation sites is 1. The number of hydrogen-bond donors (Lipinski definition) is 2. The van der Waals surface area contributed by atoms with Crippen LogP contribution in [0.25, 0.3) is 0 Å². The first kappa shape index (κ1) is 15.0. The average Bonchev–Trinajstić information content (AvgIpc) is 2.37. The maximum absolute atomic E-state index is 12.1. The number of anilines is 1. The van der Waals surface area contributed by atoms with Crippen molar-refractivity contribution in [3.05, 3.63) is 30.3 Å². The second-order valence-electron chi connectivity index (χ2n) is 4.72. The molecule has 0 heterocycles. The van der Waals surface area contributed by atoms with Crippen LogP contribution in [0.4, 0.5) is 5.69 Å². The Bertz CT molecular complexity index is 443. The summed E-state index contributed by atoms with van der Waals surface area (Å²) in [6, 6.07) is 9.58. The molecule has 0 bridgehead atoms. The fraction of sp³-hybridized carbons (Fsp3) is 0.429. The van der Waals surface area contributed by atoms with Crippen molar-refractivity contribution in [2.24, 2.45) is 0 Å². The zero-order valence-corrected chi connectivity index (χ0v) is 11.5.